The minimum Gasteiger partial charge on any atom is -0.494 e. The van der Waals surface area contributed by atoms with E-state index in [0.717, 1.165) is 97.6 Å². The highest BCUT2D eigenvalue weighted by molar-refractivity contribution is 5.53. The second-order valence-corrected chi connectivity index (χ2v) is 9.74. The molecule has 42 heavy (non-hydrogen) atoms. The fourth-order valence-electron chi connectivity index (χ4n) is 3.82. The van der Waals surface area contributed by atoms with Crippen LogP contribution in [-0.4, -0.2) is 26.3 Å². The molecule has 0 aliphatic heterocycles. The molecule has 0 bridgehead atoms. The van der Waals surface area contributed by atoms with Crippen molar-refractivity contribution in [3.05, 3.63) is 97.1 Å². The molecule has 0 aliphatic rings. The van der Waals surface area contributed by atoms with Gasteiger partial charge in [-0.05, 0) is 110 Å². The fraction of sp³-hybridized carbons (Fsp3) is 0.294. The van der Waals surface area contributed by atoms with E-state index < -0.39 is 0 Å². The molecule has 0 saturated heterocycles. The van der Waals surface area contributed by atoms with Gasteiger partial charge in [0.1, 0.15) is 11.5 Å². The molecule has 8 nitrogen and oxygen atoms in total. The zero-order valence-electron chi connectivity index (χ0n) is 24.5. The largest absolute Gasteiger partial charge is 0.494 e. The molecule has 4 rings (SSSR count). The third-order valence-electron chi connectivity index (χ3n) is 6.29. The molecule has 0 unspecified atom stereocenters. The topological polar surface area (TPSA) is 92.0 Å². The van der Waals surface area contributed by atoms with Gasteiger partial charge in [-0.15, -0.1) is 0 Å². The Bertz CT molecular complexity index is 1260. The molecule has 0 amide bonds. The zero-order valence-corrected chi connectivity index (χ0v) is 24.5. The molecule has 4 aromatic rings. The van der Waals surface area contributed by atoms with E-state index >= 15 is 0 Å². The van der Waals surface area contributed by atoms with Crippen molar-refractivity contribution in [2.45, 2.75) is 39.5 Å². The SMILES string of the molecule is CCCCOc1ccc(/N=N/c2ccc(NCCNc3ccc(/N=N/c4ccc(OCCCC)cc4)cc3)cc2)cc1. The van der Waals surface area contributed by atoms with Gasteiger partial charge in [-0.2, -0.15) is 20.5 Å². The Labute approximate surface area is 248 Å². The standard InChI is InChI=1S/C34H40N6O2/c1-3-5-25-41-33-19-15-31(16-20-33)39-37-29-11-7-27(8-12-29)35-23-24-36-28-9-13-30(14-10-28)38-40-32-17-21-34(22-18-32)42-26-6-4-2/h7-22,35-36H,3-6,23-26H2,1-2H3/b39-37+,40-38+. The number of hydrogen-bond acceptors (Lipinski definition) is 8. The number of ether oxygens (including phenoxy) is 2. The van der Waals surface area contributed by atoms with Crippen molar-refractivity contribution < 1.29 is 9.47 Å². The summed E-state index contributed by atoms with van der Waals surface area (Å²) >= 11 is 0. The average Bonchev–Trinajstić information content (AvgIpc) is 3.04. The summed E-state index contributed by atoms with van der Waals surface area (Å²) in [6.07, 6.45) is 4.35. The van der Waals surface area contributed by atoms with Crippen LogP contribution in [-0.2, 0) is 0 Å². The summed E-state index contributed by atoms with van der Waals surface area (Å²) in [5, 5.41) is 24.2. The van der Waals surface area contributed by atoms with Gasteiger partial charge in [0.25, 0.3) is 0 Å². The summed E-state index contributed by atoms with van der Waals surface area (Å²) in [5.74, 6) is 1.72. The highest BCUT2D eigenvalue weighted by Gasteiger charge is 1.99. The van der Waals surface area contributed by atoms with Crippen LogP contribution < -0.4 is 20.1 Å². The molecular formula is C34H40N6O2. The summed E-state index contributed by atoms with van der Waals surface area (Å²) in [7, 11) is 0. The number of nitrogens with one attached hydrogen (secondary N) is 2. The lowest BCUT2D eigenvalue weighted by Crippen LogP contribution is -2.13. The number of azo groups is 2. The van der Waals surface area contributed by atoms with Crippen LogP contribution in [0.5, 0.6) is 11.5 Å². The van der Waals surface area contributed by atoms with Crippen LogP contribution in [0.25, 0.3) is 0 Å². The average molecular weight is 565 g/mol. The lowest BCUT2D eigenvalue weighted by Gasteiger charge is -2.09. The lowest BCUT2D eigenvalue weighted by atomic mass is 10.2. The van der Waals surface area contributed by atoms with Crippen LogP contribution in [0, 0.1) is 0 Å². The van der Waals surface area contributed by atoms with Crippen molar-refractivity contribution in [1.82, 2.24) is 0 Å². The number of anilines is 2. The molecule has 8 heteroatoms. The zero-order chi connectivity index (χ0) is 29.2. The van der Waals surface area contributed by atoms with Crippen LogP contribution >= 0.6 is 0 Å². The van der Waals surface area contributed by atoms with E-state index in [4.69, 9.17) is 9.47 Å². The van der Waals surface area contributed by atoms with Crippen molar-refractivity contribution in [3.8, 4) is 11.5 Å². The van der Waals surface area contributed by atoms with E-state index in [0.29, 0.717) is 0 Å². The van der Waals surface area contributed by atoms with E-state index in [1.165, 1.54) is 0 Å². The third kappa shape index (κ3) is 10.7. The number of nitrogens with zero attached hydrogens (tertiary/aromatic N) is 4. The first-order chi connectivity index (χ1) is 20.7. The van der Waals surface area contributed by atoms with Crippen LogP contribution in [0.1, 0.15) is 39.5 Å². The number of unbranched alkanes of at least 4 members (excludes halogenated alkanes) is 2. The summed E-state index contributed by atoms with van der Waals surface area (Å²) in [5.41, 5.74) is 5.24. The van der Waals surface area contributed by atoms with Crippen LogP contribution in [0.3, 0.4) is 0 Å². The summed E-state index contributed by atoms with van der Waals surface area (Å²) in [6, 6.07) is 31.2. The molecule has 0 atom stereocenters. The van der Waals surface area contributed by atoms with Crippen LogP contribution in [0.15, 0.2) is 118 Å². The highest BCUT2D eigenvalue weighted by atomic mass is 16.5. The predicted molar refractivity (Wildman–Crippen MR) is 172 cm³/mol. The van der Waals surface area contributed by atoms with Crippen molar-refractivity contribution in [3.63, 3.8) is 0 Å². The lowest BCUT2D eigenvalue weighted by molar-refractivity contribution is 0.309. The maximum atomic E-state index is 5.69. The Kier molecular flexibility index (Phi) is 12.4. The Hall–Kier alpha value is -4.72. The molecule has 0 spiro atoms. The quantitative estimate of drug-likeness (QED) is 0.0985. The molecule has 218 valence electrons. The first-order valence-electron chi connectivity index (χ1n) is 14.7. The van der Waals surface area contributed by atoms with Gasteiger partial charge in [0.05, 0.1) is 36.0 Å². The molecule has 0 saturated carbocycles. The molecule has 0 heterocycles. The van der Waals surface area contributed by atoms with Crippen molar-refractivity contribution in [1.29, 1.82) is 0 Å². The van der Waals surface area contributed by atoms with E-state index in [2.05, 4.69) is 44.9 Å². The third-order valence-corrected chi connectivity index (χ3v) is 6.29. The highest BCUT2D eigenvalue weighted by Crippen LogP contribution is 2.24. The van der Waals surface area contributed by atoms with Gasteiger partial charge in [-0.25, -0.2) is 0 Å². The monoisotopic (exact) mass is 564 g/mol. The molecule has 0 aliphatic carbocycles. The van der Waals surface area contributed by atoms with Crippen molar-refractivity contribution in [2.75, 3.05) is 36.9 Å². The maximum absolute atomic E-state index is 5.69. The van der Waals surface area contributed by atoms with Gasteiger partial charge in [0.2, 0.25) is 0 Å². The van der Waals surface area contributed by atoms with Crippen LogP contribution in [0.2, 0.25) is 0 Å². The smallest absolute Gasteiger partial charge is 0.119 e. The van der Waals surface area contributed by atoms with Crippen LogP contribution in [0.4, 0.5) is 34.1 Å². The summed E-state index contributed by atoms with van der Waals surface area (Å²) < 4.78 is 11.4. The normalized spacial score (nSPS) is 11.2. The number of hydrogen-bond donors (Lipinski definition) is 2. The molecular weight excluding hydrogens is 524 g/mol. The Morgan fingerprint density at radius 3 is 1.07 bits per heavy atom. The number of rotatable bonds is 17. The molecule has 0 radical (unpaired) electrons. The molecule has 4 aromatic carbocycles. The Balaban J connectivity index is 1.15. The number of benzene rings is 4. The first kappa shape index (κ1) is 30.2. The fourth-order valence-corrected chi connectivity index (χ4v) is 3.82. The van der Waals surface area contributed by atoms with E-state index in [-0.39, 0.29) is 0 Å². The second kappa shape index (κ2) is 17.2. The minimum atomic E-state index is 0.737. The Morgan fingerprint density at radius 2 is 0.762 bits per heavy atom. The first-order valence-corrected chi connectivity index (χ1v) is 14.7. The van der Waals surface area contributed by atoms with Gasteiger partial charge in [-0.3, -0.25) is 0 Å². The van der Waals surface area contributed by atoms with Crippen molar-refractivity contribution >= 4 is 34.1 Å². The second-order valence-electron chi connectivity index (χ2n) is 9.74. The minimum absolute atomic E-state index is 0.737. The summed E-state index contributed by atoms with van der Waals surface area (Å²) in [6.45, 7) is 7.32. The van der Waals surface area contributed by atoms with Crippen molar-refractivity contribution in [2.24, 2.45) is 20.5 Å². The van der Waals surface area contributed by atoms with Gasteiger partial charge in [0, 0.05) is 24.5 Å². The van der Waals surface area contributed by atoms with Gasteiger partial charge >= 0.3 is 0 Å². The molecule has 0 aromatic heterocycles. The van der Waals surface area contributed by atoms with Gasteiger partial charge in [-0.1, -0.05) is 26.7 Å². The van der Waals surface area contributed by atoms with E-state index in [9.17, 15) is 0 Å². The predicted octanol–water partition coefficient (Wildman–Crippen LogP) is 10.4. The molecule has 0 fully saturated rings. The summed E-state index contributed by atoms with van der Waals surface area (Å²) in [4.78, 5) is 0. The van der Waals surface area contributed by atoms with E-state index in [1.807, 2.05) is 97.1 Å². The maximum Gasteiger partial charge on any atom is 0.119 e. The van der Waals surface area contributed by atoms with Gasteiger partial charge in [0.15, 0.2) is 0 Å². The molecule has 2 N–H and O–H groups in total. The van der Waals surface area contributed by atoms with Gasteiger partial charge < -0.3 is 20.1 Å². The van der Waals surface area contributed by atoms with E-state index in [1.54, 1.807) is 0 Å². The Morgan fingerprint density at radius 1 is 0.452 bits per heavy atom.